The number of thiazole rings is 1. The number of nitrogens with one attached hydrogen (secondary N) is 1. The summed E-state index contributed by atoms with van der Waals surface area (Å²) in [6.07, 6.45) is 1.20. The summed E-state index contributed by atoms with van der Waals surface area (Å²) in [4.78, 5) is 31.5. The van der Waals surface area contributed by atoms with Crippen LogP contribution in [0.15, 0.2) is 53.9 Å². The van der Waals surface area contributed by atoms with Crippen LogP contribution in [0.5, 0.6) is 0 Å². The van der Waals surface area contributed by atoms with Crippen LogP contribution in [0.4, 0.5) is 10.1 Å². The van der Waals surface area contributed by atoms with Crippen LogP contribution in [0, 0.1) is 18.7 Å². The molecule has 2 aromatic carbocycles. The molecule has 0 saturated carbocycles. The van der Waals surface area contributed by atoms with Crippen molar-refractivity contribution in [3.05, 3.63) is 70.3 Å². The first-order valence-electron chi connectivity index (χ1n) is 9.88. The number of likely N-dealkylation sites (tertiary alicyclic amines) is 1. The van der Waals surface area contributed by atoms with Gasteiger partial charge in [-0.25, -0.2) is 9.37 Å². The van der Waals surface area contributed by atoms with Crippen molar-refractivity contribution >= 4 is 28.8 Å². The molecule has 1 aliphatic rings. The topological polar surface area (TPSA) is 62.3 Å². The standard InChI is InChI=1S/C23H22FN3O2S/c1-15-25-21(14-30-15)18-3-2-4-20(13-18)26-22(28)16-9-11-27(12-10-16)23(29)17-5-7-19(24)8-6-17/h2-8,13-14,16H,9-12H2,1H3,(H,26,28). The minimum absolute atomic E-state index is 0.0320. The van der Waals surface area contributed by atoms with E-state index in [4.69, 9.17) is 0 Å². The molecule has 1 N–H and O–H groups in total. The maximum atomic E-state index is 13.1. The Kier molecular flexibility index (Phi) is 5.90. The smallest absolute Gasteiger partial charge is 0.253 e. The van der Waals surface area contributed by atoms with Crippen molar-refractivity contribution in [2.45, 2.75) is 19.8 Å². The summed E-state index contributed by atoms with van der Waals surface area (Å²) >= 11 is 1.59. The first-order valence-corrected chi connectivity index (χ1v) is 10.8. The van der Waals surface area contributed by atoms with Gasteiger partial charge >= 0.3 is 0 Å². The van der Waals surface area contributed by atoms with Gasteiger partial charge in [-0.15, -0.1) is 11.3 Å². The molecule has 2 amide bonds. The number of amides is 2. The lowest BCUT2D eigenvalue weighted by Gasteiger charge is -2.31. The highest BCUT2D eigenvalue weighted by atomic mass is 32.1. The second-order valence-electron chi connectivity index (χ2n) is 7.40. The number of nitrogens with zero attached hydrogens (tertiary/aromatic N) is 2. The highest BCUT2D eigenvalue weighted by Crippen LogP contribution is 2.26. The molecule has 7 heteroatoms. The van der Waals surface area contributed by atoms with Gasteiger partial charge in [-0.3, -0.25) is 9.59 Å². The average Bonchev–Trinajstić information content (AvgIpc) is 3.20. The van der Waals surface area contributed by atoms with Gasteiger partial charge in [0.05, 0.1) is 10.7 Å². The molecule has 4 rings (SSSR count). The Balaban J connectivity index is 1.34. The van der Waals surface area contributed by atoms with E-state index in [1.54, 1.807) is 16.2 Å². The zero-order valence-electron chi connectivity index (χ0n) is 16.6. The van der Waals surface area contributed by atoms with Crippen molar-refractivity contribution in [2.75, 3.05) is 18.4 Å². The summed E-state index contributed by atoms with van der Waals surface area (Å²) in [6, 6.07) is 13.2. The van der Waals surface area contributed by atoms with E-state index in [0.717, 1.165) is 22.0 Å². The third-order valence-electron chi connectivity index (χ3n) is 5.29. The van der Waals surface area contributed by atoms with Crippen molar-refractivity contribution in [3.63, 3.8) is 0 Å². The number of hydrogen-bond donors (Lipinski definition) is 1. The Bertz CT molecular complexity index is 1060. The summed E-state index contributed by atoms with van der Waals surface area (Å²) < 4.78 is 13.1. The van der Waals surface area contributed by atoms with Crippen molar-refractivity contribution in [1.29, 1.82) is 0 Å². The van der Waals surface area contributed by atoms with Crippen molar-refractivity contribution in [2.24, 2.45) is 5.92 Å². The summed E-state index contributed by atoms with van der Waals surface area (Å²) in [6.45, 7) is 2.98. The number of benzene rings is 2. The van der Waals surface area contributed by atoms with E-state index in [9.17, 15) is 14.0 Å². The number of piperidine rings is 1. The molecule has 30 heavy (non-hydrogen) atoms. The Morgan fingerprint density at radius 2 is 1.87 bits per heavy atom. The molecule has 0 spiro atoms. The lowest BCUT2D eigenvalue weighted by Crippen LogP contribution is -2.41. The number of aryl methyl sites for hydroxylation is 1. The molecule has 0 bridgehead atoms. The lowest BCUT2D eigenvalue weighted by atomic mass is 9.95. The van der Waals surface area contributed by atoms with Gasteiger partial charge in [0.2, 0.25) is 5.91 Å². The summed E-state index contributed by atoms with van der Waals surface area (Å²) in [5.74, 6) is -0.668. The number of rotatable bonds is 4. The molecule has 2 heterocycles. The molecular formula is C23H22FN3O2S. The summed E-state index contributed by atoms with van der Waals surface area (Å²) in [7, 11) is 0. The van der Waals surface area contributed by atoms with Gasteiger partial charge in [-0.1, -0.05) is 12.1 Å². The van der Waals surface area contributed by atoms with Crippen LogP contribution in [0.3, 0.4) is 0 Å². The fourth-order valence-electron chi connectivity index (χ4n) is 3.62. The minimum Gasteiger partial charge on any atom is -0.339 e. The highest BCUT2D eigenvalue weighted by molar-refractivity contribution is 7.09. The van der Waals surface area contributed by atoms with Gasteiger partial charge in [-0.2, -0.15) is 0 Å². The van der Waals surface area contributed by atoms with Crippen LogP contribution in [0.25, 0.3) is 11.3 Å². The summed E-state index contributed by atoms with van der Waals surface area (Å²) in [5, 5.41) is 6.01. The van der Waals surface area contributed by atoms with E-state index < -0.39 is 0 Å². The molecule has 1 fully saturated rings. The summed E-state index contributed by atoms with van der Waals surface area (Å²) in [5.41, 5.74) is 3.08. The highest BCUT2D eigenvalue weighted by Gasteiger charge is 2.28. The maximum absolute atomic E-state index is 13.1. The molecule has 0 unspecified atom stereocenters. The fourth-order valence-corrected chi connectivity index (χ4v) is 4.24. The SMILES string of the molecule is Cc1nc(-c2cccc(NC(=O)C3CCN(C(=O)c4ccc(F)cc4)CC3)c2)cs1. The Morgan fingerprint density at radius 3 is 2.53 bits per heavy atom. The second-order valence-corrected chi connectivity index (χ2v) is 8.46. The third kappa shape index (κ3) is 4.57. The van der Waals surface area contributed by atoms with Gasteiger partial charge in [0.1, 0.15) is 5.82 Å². The van der Waals surface area contributed by atoms with Crippen LogP contribution in [-0.2, 0) is 4.79 Å². The van der Waals surface area contributed by atoms with Gasteiger partial charge in [-0.05, 0) is 56.2 Å². The number of anilines is 1. The van der Waals surface area contributed by atoms with E-state index in [1.807, 2.05) is 36.6 Å². The molecule has 0 aliphatic carbocycles. The van der Waals surface area contributed by atoms with E-state index in [0.29, 0.717) is 31.5 Å². The number of carbonyl (C=O) groups is 2. The van der Waals surface area contributed by atoms with Crippen LogP contribution in [0.2, 0.25) is 0 Å². The van der Waals surface area contributed by atoms with E-state index in [1.165, 1.54) is 24.3 Å². The third-order valence-corrected chi connectivity index (χ3v) is 6.06. The van der Waals surface area contributed by atoms with E-state index >= 15 is 0 Å². The predicted molar refractivity (Wildman–Crippen MR) is 116 cm³/mol. The molecule has 1 aliphatic heterocycles. The molecule has 1 aromatic heterocycles. The molecule has 5 nitrogen and oxygen atoms in total. The molecule has 1 saturated heterocycles. The van der Waals surface area contributed by atoms with Gasteiger partial charge in [0.25, 0.3) is 5.91 Å². The van der Waals surface area contributed by atoms with Crippen molar-refractivity contribution in [3.8, 4) is 11.3 Å². The van der Waals surface area contributed by atoms with Crippen LogP contribution in [-0.4, -0.2) is 34.8 Å². The van der Waals surface area contributed by atoms with Crippen LogP contribution in [0.1, 0.15) is 28.2 Å². The van der Waals surface area contributed by atoms with Gasteiger partial charge in [0.15, 0.2) is 0 Å². The first-order chi connectivity index (χ1) is 14.5. The van der Waals surface area contributed by atoms with Gasteiger partial charge in [0, 0.05) is 41.2 Å². The van der Waals surface area contributed by atoms with Gasteiger partial charge < -0.3 is 10.2 Å². The molecule has 154 valence electrons. The normalized spacial score (nSPS) is 14.5. The number of halogens is 1. The Labute approximate surface area is 178 Å². The first kappa shape index (κ1) is 20.2. The van der Waals surface area contributed by atoms with Crippen LogP contribution < -0.4 is 5.32 Å². The zero-order chi connectivity index (χ0) is 21.1. The predicted octanol–water partition coefficient (Wildman–Crippen LogP) is 4.75. The molecule has 0 radical (unpaired) electrons. The lowest BCUT2D eigenvalue weighted by molar-refractivity contribution is -0.121. The molecule has 3 aromatic rings. The monoisotopic (exact) mass is 423 g/mol. The number of aromatic nitrogens is 1. The quantitative estimate of drug-likeness (QED) is 0.659. The van der Waals surface area contributed by atoms with Crippen LogP contribution >= 0.6 is 11.3 Å². The Morgan fingerprint density at radius 1 is 1.13 bits per heavy atom. The largest absolute Gasteiger partial charge is 0.339 e. The number of hydrogen-bond acceptors (Lipinski definition) is 4. The zero-order valence-corrected chi connectivity index (χ0v) is 17.4. The van der Waals surface area contributed by atoms with Crippen molar-refractivity contribution in [1.82, 2.24) is 9.88 Å². The molecular weight excluding hydrogens is 401 g/mol. The number of carbonyl (C=O) groups excluding carboxylic acids is 2. The molecule has 0 atom stereocenters. The van der Waals surface area contributed by atoms with E-state index in [2.05, 4.69) is 10.3 Å². The minimum atomic E-state index is -0.365. The fraction of sp³-hybridized carbons (Fsp3) is 0.261. The average molecular weight is 424 g/mol. The maximum Gasteiger partial charge on any atom is 0.253 e. The second kappa shape index (κ2) is 8.75. The van der Waals surface area contributed by atoms with Crippen molar-refractivity contribution < 1.29 is 14.0 Å². The van der Waals surface area contributed by atoms with E-state index in [-0.39, 0.29) is 23.5 Å². The Hall–Kier alpha value is -3.06.